The lowest BCUT2D eigenvalue weighted by atomic mass is 9.98. The molecule has 2 fully saturated rings. The van der Waals surface area contributed by atoms with Crippen molar-refractivity contribution in [2.45, 2.75) is 82.8 Å². The third-order valence-electron chi connectivity index (χ3n) is 11.0. The normalized spacial score (nSPS) is 18.4. The molecular weight excluding hydrogens is 761 g/mol. The number of amides is 2. The Morgan fingerprint density at radius 3 is 2.44 bits per heavy atom. The van der Waals surface area contributed by atoms with Crippen LogP contribution in [0.15, 0.2) is 48.7 Å². The Morgan fingerprint density at radius 1 is 0.965 bits per heavy atom. The molecule has 2 amide bonds. The van der Waals surface area contributed by atoms with Crippen LogP contribution in [0.4, 0.5) is 19.0 Å². The highest BCUT2D eigenvalue weighted by Gasteiger charge is 2.37. The van der Waals surface area contributed by atoms with Gasteiger partial charge in [-0.3, -0.25) is 14.6 Å². The molecule has 4 aromatic rings. The van der Waals surface area contributed by atoms with Gasteiger partial charge in [-0.25, -0.2) is 4.98 Å². The van der Waals surface area contributed by atoms with Gasteiger partial charge in [0.05, 0.1) is 42.2 Å². The maximum absolute atomic E-state index is 14.5. The average molecular weight is 807 g/mol. The standard InChI is InChI=1S/C41H46ClF3N8O4/c1-23(54)53-17-14-26(15-18-53)48-21-24-7-10-34(51-39(24)56-2)31-13-16-47-37(36(31)42)30-6-4-5-29-28(30)9-11-33(29)50-38-32(41(43,44)45)19-25(40(52-38)57-3)20-46-22-27-8-12-35(55)49-27/h4-7,10,13,16,19,26-27,33,46,48H,8-9,11-12,14-15,17-18,20-22H2,1-3H3,(H,49,55)(H,50,52)/t27-,33+/m1/s1. The van der Waals surface area contributed by atoms with E-state index in [1.807, 2.05) is 35.2 Å². The number of alkyl halides is 3. The van der Waals surface area contributed by atoms with Gasteiger partial charge in [-0.1, -0.05) is 35.9 Å². The molecule has 3 aliphatic rings. The predicted molar refractivity (Wildman–Crippen MR) is 210 cm³/mol. The molecule has 4 N–H and O–H groups in total. The molecule has 16 heteroatoms. The minimum absolute atomic E-state index is 0.0336. The predicted octanol–water partition coefficient (Wildman–Crippen LogP) is 6.46. The first kappa shape index (κ1) is 40.2. The fourth-order valence-corrected chi connectivity index (χ4v) is 8.29. The Kier molecular flexibility index (Phi) is 12.2. The van der Waals surface area contributed by atoms with Gasteiger partial charge >= 0.3 is 6.18 Å². The fraction of sp³-hybridized carbons (Fsp3) is 0.439. The second-order valence-corrected chi connectivity index (χ2v) is 15.0. The maximum Gasteiger partial charge on any atom is 0.419 e. The van der Waals surface area contributed by atoms with E-state index >= 15 is 0 Å². The van der Waals surface area contributed by atoms with Gasteiger partial charge in [-0.2, -0.15) is 18.2 Å². The van der Waals surface area contributed by atoms with Crippen molar-refractivity contribution >= 4 is 29.2 Å². The van der Waals surface area contributed by atoms with Crippen molar-refractivity contribution in [1.82, 2.24) is 35.8 Å². The molecule has 302 valence electrons. The van der Waals surface area contributed by atoms with Gasteiger partial charge in [0.2, 0.25) is 23.6 Å². The number of piperidine rings is 1. The molecule has 5 heterocycles. The Hall–Kier alpha value is -4.99. The number of carbonyl (C=O) groups excluding carboxylic acids is 2. The molecule has 2 atom stereocenters. The SMILES string of the molecule is COc1nc(-c2ccnc(-c3cccc4c3CC[C@@H]4Nc3nc(OC)c(CNC[C@H]4CCC(=O)N4)cc3C(F)(F)F)c2Cl)ccc1CNC1CCN(C(C)=O)CC1. The summed E-state index contributed by atoms with van der Waals surface area (Å²) in [6.07, 6.45) is 0.931. The van der Waals surface area contributed by atoms with E-state index in [2.05, 4.69) is 31.2 Å². The van der Waals surface area contributed by atoms with E-state index in [1.165, 1.54) is 7.11 Å². The van der Waals surface area contributed by atoms with Crippen LogP contribution in [0.25, 0.3) is 22.5 Å². The number of benzene rings is 1. The number of rotatable bonds is 13. The van der Waals surface area contributed by atoms with E-state index in [0.717, 1.165) is 54.3 Å². The van der Waals surface area contributed by atoms with E-state index < -0.39 is 17.8 Å². The van der Waals surface area contributed by atoms with Gasteiger partial charge in [-0.15, -0.1) is 0 Å². The Balaban J connectivity index is 1.09. The number of hydrogen-bond acceptors (Lipinski definition) is 10. The van der Waals surface area contributed by atoms with Crippen LogP contribution in [-0.2, 0) is 35.3 Å². The van der Waals surface area contributed by atoms with E-state index in [1.54, 1.807) is 26.3 Å². The van der Waals surface area contributed by atoms with Crippen LogP contribution in [0.1, 0.15) is 72.9 Å². The number of pyridine rings is 3. The molecule has 0 spiro atoms. The molecule has 3 aromatic heterocycles. The number of anilines is 1. The summed E-state index contributed by atoms with van der Waals surface area (Å²) in [4.78, 5) is 38.9. The summed E-state index contributed by atoms with van der Waals surface area (Å²) < 4.78 is 54.7. The average Bonchev–Trinajstić information content (AvgIpc) is 3.82. The number of aromatic nitrogens is 3. The smallest absolute Gasteiger partial charge is 0.419 e. The Bertz CT molecular complexity index is 2130. The maximum atomic E-state index is 14.5. The summed E-state index contributed by atoms with van der Waals surface area (Å²) >= 11 is 7.10. The van der Waals surface area contributed by atoms with Crippen molar-refractivity contribution < 1.29 is 32.2 Å². The number of methoxy groups -OCH3 is 2. The van der Waals surface area contributed by atoms with Gasteiger partial charge in [0.1, 0.15) is 5.82 Å². The number of halogens is 4. The first-order chi connectivity index (χ1) is 27.4. The summed E-state index contributed by atoms with van der Waals surface area (Å²) in [7, 11) is 2.96. The highest BCUT2D eigenvalue weighted by atomic mass is 35.5. The molecule has 0 radical (unpaired) electrons. The van der Waals surface area contributed by atoms with Crippen molar-refractivity contribution in [3.63, 3.8) is 0 Å². The van der Waals surface area contributed by atoms with Crippen LogP contribution in [0, 0.1) is 0 Å². The number of hydrogen-bond donors (Lipinski definition) is 4. The first-order valence-corrected chi connectivity index (χ1v) is 19.5. The second kappa shape index (κ2) is 17.2. The lowest BCUT2D eigenvalue weighted by molar-refractivity contribution is -0.137. The molecule has 0 bridgehead atoms. The van der Waals surface area contributed by atoms with E-state index in [0.29, 0.717) is 66.6 Å². The lowest BCUT2D eigenvalue weighted by Crippen LogP contribution is -2.44. The second-order valence-electron chi connectivity index (χ2n) is 14.6. The molecule has 0 unspecified atom stereocenters. The summed E-state index contributed by atoms with van der Waals surface area (Å²) in [5.41, 5.74) is 4.62. The van der Waals surface area contributed by atoms with E-state index in [-0.39, 0.29) is 47.7 Å². The first-order valence-electron chi connectivity index (χ1n) is 19.1. The van der Waals surface area contributed by atoms with Gasteiger partial charge in [-0.05, 0) is 61.4 Å². The number of nitrogens with zero attached hydrogens (tertiary/aromatic N) is 4. The largest absolute Gasteiger partial charge is 0.481 e. The topological polar surface area (TPSA) is 143 Å². The summed E-state index contributed by atoms with van der Waals surface area (Å²) in [6, 6.07) is 12.1. The Labute approximate surface area is 334 Å². The number of fused-ring (bicyclic) bond motifs is 1. The minimum atomic E-state index is -4.68. The van der Waals surface area contributed by atoms with Crippen molar-refractivity contribution in [1.29, 1.82) is 0 Å². The number of nitrogens with one attached hydrogen (secondary N) is 4. The molecule has 57 heavy (non-hydrogen) atoms. The number of likely N-dealkylation sites (tertiary alicyclic amines) is 1. The molecule has 2 saturated heterocycles. The van der Waals surface area contributed by atoms with Crippen LogP contribution in [0.2, 0.25) is 5.02 Å². The van der Waals surface area contributed by atoms with Gasteiger partial charge in [0, 0.05) is 86.6 Å². The molecule has 12 nitrogen and oxygen atoms in total. The van der Waals surface area contributed by atoms with Crippen LogP contribution in [0.3, 0.4) is 0 Å². The Morgan fingerprint density at radius 2 is 1.74 bits per heavy atom. The number of carbonyl (C=O) groups is 2. The summed E-state index contributed by atoms with van der Waals surface area (Å²) in [5.74, 6) is 0.299. The quantitative estimate of drug-likeness (QED) is 0.119. The van der Waals surface area contributed by atoms with Crippen molar-refractivity contribution in [3.05, 3.63) is 81.5 Å². The molecule has 2 aliphatic heterocycles. The highest BCUT2D eigenvalue weighted by molar-refractivity contribution is 6.35. The zero-order chi connectivity index (χ0) is 40.3. The zero-order valence-corrected chi connectivity index (χ0v) is 32.8. The third-order valence-corrected chi connectivity index (χ3v) is 11.4. The monoisotopic (exact) mass is 806 g/mol. The van der Waals surface area contributed by atoms with Crippen LogP contribution in [-0.4, -0.2) is 77.6 Å². The molecule has 0 saturated carbocycles. The highest BCUT2D eigenvalue weighted by Crippen LogP contribution is 2.44. The van der Waals surface area contributed by atoms with Crippen LogP contribution in [0.5, 0.6) is 11.8 Å². The zero-order valence-electron chi connectivity index (χ0n) is 32.1. The third kappa shape index (κ3) is 8.95. The van der Waals surface area contributed by atoms with E-state index in [9.17, 15) is 22.8 Å². The molecule has 7 rings (SSSR count). The van der Waals surface area contributed by atoms with Gasteiger partial charge < -0.3 is 35.6 Å². The minimum Gasteiger partial charge on any atom is -0.481 e. The van der Waals surface area contributed by atoms with Crippen LogP contribution < -0.4 is 30.7 Å². The summed E-state index contributed by atoms with van der Waals surface area (Å²) in [6.45, 7) is 4.12. The van der Waals surface area contributed by atoms with Gasteiger partial charge in [0.25, 0.3) is 0 Å². The van der Waals surface area contributed by atoms with Gasteiger partial charge in [0.15, 0.2) is 0 Å². The molecular formula is C41H46ClF3N8O4. The fourth-order valence-electron chi connectivity index (χ4n) is 7.98. The van der Waals surface area contributed by atoms with Crippen molar-refractivity contribution in [2.24, 2.45) is 0 Å². The summed E-state index contributed by atoms with van der Waals surface area (Å²) in [5, 5.41) is 13.0. The van der Waals surface area contributed by atoms with E-state index in [4.69, 9.17) is 26.1 Å². The molecule has 1 aromatic carbocycles. The number of ether oxygens (including phenoxy) is 2. The van der Waals surface area contributed by atoms with Crippen LogP contribution >= 0.6 is 11.6 Å². The molecule has 1 aliphatic carbocycles. The van der Waals surface area contributed by atoms with Crippen molar-refractivity contribution in [2.75, 3.05) is 39.2 Å². The lowest BCUT2D eigenvalue weighted by Gasteiger charge is -2.31. The van der Waals surface area contributed by atoms with Crippen molar-refractivity contribution in [3.8, 4) is 34.3 Å².